The average molecular weight is 304 g/mol. The minimum absolute atomic E-state index is 0.00538. The normalized spacial score (nSPS) is 12.1. The number of hydrogen-bond donors (Lipinski definition) is 2. The highest BCUT2D eigenvalue weighted by Crippen LogP contribution is 2.17. The van der Waals surface area contributed by atoms with Gasteiger partial charge in [0.25, 0.3) is 5.91 Å². The fraction of sp³-hybridized carbons (Fsp3) is 0.417. The predicted octanol–water partition coefficient (Wildman–Crippen LogP) is 2.03. The van der Waals surface area contributed by atoms with Gasteiger partial charge in [-0.3, -0.25) is 9.59 Å². The molecule has 0 saturated carbocycles. The quantitative estimate of drug-likeness (QED) is 0.836. The summed E-state index contributed by atoms with van der Waals surface area (Å²) >= 11 is 11.6. The number of halogens is 2. The zero-order valence-corrected chi connectivity index (χ0v) is 12.3. The molecule has 2 amide bonds. The van der Waals surface area contributed by atoms with Gasteiger partial charge in [0, 0.05) is 12.2 Å². The van der Waals surface area contributed by atoms with E-state index in [0.29, 0.717) is 0 Å². The maximum Gasteiger partial charge on any atom is 0.253 e. The van der Waals surface area contributed by atoms with Crippen LogP contribution in [-0.4, -0.2) is 28.9 Å². The minimum atomic E-state index is -0.669. The molecule has 7 heteroatoms. The first-order valence-electron chi connectivity index (χ1n) is 5.73. The molecular weight excluding hydrogens is 289 g/mol. The Bertz CT molecular complexity index is 492. The van der Waals surface area contributed by atoms with Gasteiger partial charge in [-0.1, -0.05) is 23.2 Å². The van der Waals surface area contributed by atoms with E-state index >= 15 is 0 Å². The second-order valence-electron chi connectivity index (χ2n) is 4.35. The Labute approximate surface area is 121 Å². The van der Waals surface area contributed by atoms with Gasteiger partial charge in [0.2, 0.25) is 5.91 Å². The van der Waals surface area contributed by atoms with E-state index in [0.717, 1.165) is 0 Å². The molecule has 1 rings (SSSR count). The van der Waals surface area contributed by atoms with Crippen molar-refractivity contribution in [1.82, 2.24) is 15.6 Å². The van der Waals surface area contributed by atoms with E-state index in [4.69, 9.17) is 23.2 Å². The van der Waals surface area contributed by atoms with Crippen LogP contribution in [-0.2, 0) is 4.79 Å². The maximum absolute atomic E-state index is 12.0. The SMILES string of the molecule is CC(C)NC(=O)C(C)NC(=O)c1cc(Cl)ncc1Cl. The van der Waals surface area contributed by atoms with Gasteiger partial charge >= 0.3 is 0 Å². The largest absolute Gasteiger partial charge is 0.352 e. The molecule has 0 bridgehead atoms. The van der Waals surface area contributed by atoms with Gasteiger partial charge < -0.3 is 10.6 Å². The van der Waals surface area contributed by atoms with E-state index in [9.17, 15) is 9.59 Å². The molecule has 0 aliphatic carbocycles. The Morgan fingerprint density at radius 2 is 1.84 bits per heavy atom. The number of nitrogens with one attached hydrogen (secondary N) is 2. The van der Waals surface area contributed by atoms with Crippen molar-refractivity contribution >= 4 is 35.0 Å². The standard InChI is InChI=1S/C12H15Cl2N3O2/c1-6(2)16-11(18)7(3)17-12(19)8-4-10(14)15-5-9(8)13/h4-7H,1-3H3,(H,16,18)(H,17,19). The lowest BCUT2D eigenvalue weighted by molar-refractivity contribution is -0.123. The van der Waals surface area contributed by atoms with Crippen LogP contribution < -0.4 is 10.6 Å². The second kappa shape index (κ2) is 6.73. The summed E-state index contributed by atoms with van der Waals surface area (Å²) in [5, 5.41) is 5.59. The van der Waals surface area contributed by atoms with Gasteiger partial charge in [0.15, 0.2) is 0 Å². The van der Waals surface area contributed by atoms with Crippen molar-refractivity contribution in [2.75, 3.05) is 0 Å². The summed E-state index contributed by atoms with van der Waals surface area (Å²) in [6.07, 6.45) is 1.29. The Morgan fingerprint density at radius 1 is 1.21 bits per heavy atom. The van der Waals surface area contributed by atoms with E-state index in [-0.39, 0.29) is 27.7 Å². The molecule has 0 aromatic carbocycles. The first-order valence-corrected chi connectivity index (χ1v) is 6.49. The number of carbonyl (C=O) groups excluding carboxylic acids is 2. The molecule has 1 aromatic heterocycles. The number of carbonyl (C=O) groups is 2. The van der Waals surface area contributed by atoms with Crippen molar-refractivity contribution in [3.8, 4) is 0 Å². The van der Waals surface area contributed by atoms with Gasteiger partial charge in [-0.25, -0.2) is 4.98 Å². The van der Waals surface area contributed by atoms with E-state index in [1.807, 2.05) is 13.8 Å². The van der Waals surface area contributed by atoms with Crippen LogP contribution >= 0.6 is 23.2 Å². The fourth-order valence-electron chi connectivity index (χ4n) is 1.34. The molecule has 5 nitrogen and oxygen atoms in total. The Hall–Kier alpha value is -1.33. The lowest BCUT2D eigenvalue weighted by Crippen LogP contribution is -2.46. The number of amides is 2. The van der Waals surface area contributed by atoms with Gasteiger partial charge in [0.1, 0.15) is 11.2 Å². The summed E-state index contributed by atoms with van der Waals surface area (Å²) in [5.41, 5.74) is 0.186. The summed E-state index contributed by atoms with van der Waals surface area (Å²) in [6.45, 7) is 5.27. The summed E-state index contributed by atoms with van der Waals surface area (Å²) in [5.74, 6) is -0.736. The van der Waals surface area contributed by atoms with Crippen LogP contribution in [0.4, 0.5) is 0 Å². The van der Waals surface area contributed by atoms with Crippen LogP contribution in [0, 0.1) is 0 Å². The number of pyridine rings is 1. The van der Waals surface area contributed by atoms with Gasteiger partial charge in [-0.05, 0) is 26.8 Å². The molecule has 0 aliphatic heterocycles. The smallest absolute Gasteiger partial charge is 0.253 e. The monoisotopic (exact) mass is 303 g/mol. The summed E-state index contributed by atoms with van der Waals surface area (Å²) in [4.78, 5) is 27.4. The molecule has 0 fully saturated rings. The zero-order chi connectivity index (χ0) is 14.6. The van der Waals surface area contributed by atoms with Crippen LogP contribution in [0.2, 0.25) is 10.2 Å². The molecule has 104 valence electrons. The Morgan fingerprint density at radius 3 is 2.42 bits per heavy atom. The number of hydrogen-bond acceptors (Lipinski definition) is 3. The summed E-state index contributed by atoms with van der Waals surface area (Å²) in [7, 11) is 0. The fourth-order valence-corrected chi connectivity index (χ4v) is 1.68. The van der Waals surface area contributed by atoms with Crippen molar-refractivity contribution in [2.24, 2.45) is 0 Å². The molecule has 0 spiro atoms. The molecule has 1 aromatic rings. The van der Waals surface area contributed by atoms with E-state index < -0.39 is 11.9 Å². The summed E-state index contributed by atoms with van der Waals surface area (Å²) in [6, 6.07) is 0.690. The van der Waals surface area contributed by atoms with Crippen LogP contribution in [0.25, 0.3) is 0 Å². The molecule has 0 saturated heterocycles. The summed E-state index contributed by atoms with van der Waals surface area (Å²) < 4.78 is 0. The Balaban J connectivity index is 2.74. The van der Waals surface area contributed by atoms with E-state index in [2.05, 4.69) is 15.6 Å². The maximum atomic E-state index is 12.0. The van der Waals surface area contributed by atoms with Crippen LogP contribution in [0.1, 0.15) is 31.1 Å². The van der Waals surface area contributed by atoms with Crippen LogP contribution in [0.3, 0.4) is 0 Å². The van der Waals surface area contributed by atoms with Gasteiger partial charge in [-0.15, -0.1) is 0 Å². The number of rotatable bonds is 4. The lowest BCUT2D eigenvalue weighted by Gasteiger charge is -2.16. The Kier molecular flexibility index (Phi) is 5.57. The van der Waals surface area contributed by atoms with Crippen LogP contribution in [0.15, 0.2) is 12.3 Å². The highest BCUT2D eigenvalue weighted by molar-refractivity contribution is 6.35. The van der Waals surface area contributed by atoms with Crippen molar-refractivity contribution in [1.29, 1.82) is 0 Å². The van der Waals surface area contributed by atoms with Gasteiger partial charge in [-0.2, -0.15) is 0 Å². The third-order valence-corrected chi connectivity index (χ3v) is 2.75. The number of aromatic nitrogens is 1. The second-order valence-corrected chi connectivity index (χ2v) is 5.14. The molecule has 1 unspecified atom stereocenters. The van der Waals surface area contributed by atoms with Gasteiger partial charge in [0.05, 0.1) is 10.6 Å². The minimum Gasteiger partial charge on any atom is -0.352 e. The van der Waals surface area contributed by atoms with Crippen LogP contribution in [0.5, 0.6) is 0 Å². The van der Waals surface area contributed by atoms with E-state index in [1.54, 1.807) is 6.92 Å². The molecule has 2 N–H and O–H groups in total. The molecule has 1 atom stereocenters. The van der Waals surface area contributed by atoms with E-state index in [1.165, 1.54) is 12.3 Å². The number of nitrogens with zero attached hydrogens (tertiary/aromatic N) is 1. The molecule has 0 radical (unpaired) electrons. The molecule has 0 aliphatic rings. The molecular formula is C12H15Cl2N3O2. The van der Waals surface area contributed by atoms with Crippen molar-refractivity contribution in [3.05, 3.63) is 28.0 Å². The third-order valence-electron chi connectivity index (χ3n) is 2.24. The average Bonchev–Trinajstić information content (AvgIpc) is 2.31. The lowest BCUT2D eigenvalue weighted by atomic mass is 10.2. The predicted molar refractivity (Wildman–Crippen MR) is 74.5 cm³/mol. The third kappa shape index (κ3) is 4.69. The highest BCUT2D eigenvalue weighted by Gasteiger charge is 2.19. The molecule has 1 heterocycles. The van der Waals surface area contributed by atoms with Crippen molar-refractivity contribution in [3.63, 3.8) is 0 Å². The zero-order valence-electron chi connectivity index (χ0n) is 10.8. The highest BCUT2D eigenvalue weighted by atomic mass is 35.5. The first kappa shape index (κ1) is 15.7. The molecule has 19 heavy (non-hydrogen) atoms. The first-order chi connectivity index (χ1) is 8.81. The topological polar surface area (TPSA) is 71.1 Å². The van der Waals surface area contributed by atoms with Crippen molar-refractivity contribution < 1.29 is 9.59 Å². The van der Waals surface area contributed by atoms with Crippen molar-refractivity contribution in [2.45, 2.75) is 32.9 Å².